The molecule has 0 rings (SSSR count). The highest BCUT2D eigenvalue weighted by Gasteiger charge is 1.85. The van der Waals surface area contributed by atoms with Crippen molar-refractivity contribution in [3.05, 3.63) is 0 Å². The molecular weight excluding hydrogens is 138 g/mol. The van der Waals surface area contributed by atoms with Gasteiger partial charge in [0, 0.05) is 26.4 Å². The lowest BCUT2D eigenvalue weighted by Gasteiger charge is -2.09. The van der Waals surface area contributed by atoms with Crippen LogP contribution in [0.4, 0.5) is 0 Å². The predicted molar refractivity (Wildman–Crippen MR) is 40.9 cm³/mol. The first-order valence-electron chi connectivity index (χ1n) is 2.81. The van der Waals surface area contributed by atoms with E-state index in [1.807, 2.05) is 7.05 Å². The summed E-state index contributed by atoms with van der Waals surface area (Å²) < 4.78 is 0. The van der Waals surface area contributed by atoms with E-state index >= 15 is 0 Å². The zero-order valence-electron chi connectivity index (χ0n) is 5.55. The molecule has 0 radical (unpaired) electrons. The van der Waals surface area contributed by atoms with Gasteiger partial charge in [0.1, 0.15) is 0 Å². The summed E-state index contributed by atoms with van der Waals surface area (Å²) in [6, 6.07) is 0. The van der Waals surface area contributed by atoms with Crippen molar-refractivity contribution < 1.29 is 0 Å². The van der Waals surface area contributed by atoms with Gasteiger partial charge in [-0.3, -0.25) is 5.01 Å². The molecule has 0 aromatic carbocycles. The minimum atomic E-state index is 0.453. The summed E-state index contributed by atoms with van der Waals surface area (Å²) in [6.07, 6.45) is 1.64. The van der Waals surface area contributed by atoms with Gasteiger partial charge in [0.25, 0.3) is 0 Å². The molecule has 0 amide bonds. The Balaban J connectivity index is 3.25. The fourth-order valence-electron chi connectivity index (χ4n) is 0.415. The van der Waals surface area contributed by atoms with E-state index in [1.54, 1.807) is 11.2 Å². The molecule has 0 unspecified atom stereocenters. The molecule has 0 aliphatic heterocycles. The maximum Gasteiger partial charge on any atom is 0.0595 e. The van der Waals surface area contributed by atoms with Gasteiger partial charge in [-0.25, -0.2) is 0 Å². The first-order chi connectivity index (χ1) is 4.31. The highest BCUT2D eigenvalue weighted by atomic mass is 35.5. The Bertz CT molecular complexity index is 84.3. The van der Waals surface area contributed by atoms with E-state index in [2.05, 4.69) is 5.10 Å². The summed E-state index contributed by atoms with van der Waals surface area (Å²) in [5.41, 5.74) is 5.25. The molecule has 3 nitrogen and oxygen atoms in total. The number of nitrogens with zero attached hydrogens (tertiary/aromatic N) is 2. The van der Waals surface area contributed by atoms with Crippen molar-refractivity contribution in [1.29, 1.82) is 0 Å². The van der Waals surface area contributed by atoms with Crippen molar-refractivity contribution in [2.24, 2.45) is 10.8 Å². The van der Waals surface area contributed by atoms with Crippen LogP contribution in [0.3, 0.4) is 0 Å². The van der Waals surface area contributed by atoms with Gasteiger partial charge >= 0.3 is 0 Å². The Hall–Kier alpha value is -0.280. The summed E-state index contributed by atoms with van der Waals surface area (Å²) in [5.74, 6) is 0.453. The predicted octanol–water partition coefficient (Wildman–Crippen LogP) is 0.102. The minimum absolute atomic E-state index is 0.453. The summed E-state index contributed by atoms with van der Waals surface area (Å²) in [7, 11) is 1.86. The Morgan fingerprint density at radius 3 is 2.89 bits per heavy atom. The second kappa shape index (κ2) is 5.85. The highest BCUT2D eigenvalue weighted by molar-refractivity contribution is 6.24. The third kappa shape index (κ3) is 5.59. The lowest BCUT2D eigenvalue weighted by Crippen LogP contribution is -2.20. The molecular formula is C5H12ClN3. The number of rotatable bonds is 4. The third-order valence-electron chi connectivity index (χ3n) is 0.800. The normalized spacial score (nSPS) is 10.6. The van der Waals surface area contributed by atoms with Gasteiger partial charge in [0.15, 0.2) is 0 Å². The van der Waals surface area contributed by atoms with Gasteiger partial charge in [-0.2, -0.15) is 5.10 Å². The van der Waals surface area contributed by atoms with E-state index in [-0.39, 0.29) is 0 Å². The Labute approximate surface area is 60.5 Å². The molecule has 0 fully saturated rings. The molecule has 2 N–H and O–H groups in total. The fourth-order valence-corrected chi connectivity index (χ4v) is 0.477. The van der Waals surface area contributed by atoms with Crippen LogP contribution in [0.25, 0.3) is 0 Å². The molecule has 0 bridgehead atoms. The second-order valence-electron chi connectivity index (χ2n) is 1.62. The van der Waals surface area contributed by atoms with Crippen LogP contribution < -0.4 is 5.73 Å². The first-order valence-corrected chi connectivity index (χ1v) is 3.34. The van der Waals surface area contributed by atoms with Gasteiger partial charge in [0.05, 0.1) is 5.88 Å². The molecule has 0 aromatic heterocycles. The van der Waals surface area contributed by atoms with Crippen LogP contribution in [0.1, 0.15) is 0 Å². The highest BCUT2D eigenvalue weighted by Crippen LogP contribution is 1.79. The van der Waals surface area contributed by atoms with E-state index in [0.717, 1.165) is 6.54 Å². The smallest absolute Gasteiger partial charge is 0.0595 e. The summed E-state index contributed by atoms with van der Waals surface area (Å²) in [4.78, 5) is 0. The van der Waals surface area contributed by atoms with E-state index in [9.17, 15) is 0 Å². The number of halogens is 1. The number of nitrogens with two attached hydrogens (primary N) is 1. The monoisotopic (exact) mass is 149 g/mol. The van der Waals surface area contributed by atoms with Crippen molar-refractivity contribution in [2.75, 3.05) is 26.0 Å². The van der Waals surface area contributed by atoms with E-state index in [4.69, 9.17) is 17.3 Å². The van der Waals surface area contributed by atoms with Crippen LogP contribution in [0.2, 0.25) is 0 Å². The zero-order chi connectivity index (χ0) is 7.11. The zero-order valence-corrected chi connectivity index (χ0v) is 6.30. The molecule has 9 heavy (non-hydrogen) atoms. The van der Waals surface area contributed by atoms with Gasteiger partial charge in [-0.15, -0.1) is 11.6 Å². The van der Waals surface area contributed by atoms with Crippen molar-refractivity contribution in [3.8, 4) is 0 Å². The molecule has 0 saturated carbocycles. The molecule has 0 atom stereocenters. The van der Waals surface area contributed by atoms with E-state index < -0.39 is 0 Å². The largest absolute Gasteiger partial charge is 0.329 e. The Morgan fingerprint density at radius 1 is 1.78 bits per heavy atom. The topological polar surface area (TPSA) is 41.6 Å². The molecule has 0 aliphatic carbocycles. The van der Waals surface area contributed by atoms with Crippen LogP contribution in [-0.4, -0.2) is 37.2 Å². The third-order valence-corrected chi connectivity index (χ3v) is 0.938. The van der Waals surface area contributed by atoms with Gasteiger partial charge in [0.2, 0.25) is 0 Å². The molecule has 54 valence electrons. The molecule has 0 spiro atoms. The summed E-state index contributed by atoms with van der Waals surface area (Å²) >= 11 is 5.34. The molecule has 0 aliphatic rings. The number of hydrogen-bond donors (Lipinski definition) is 1. The van der Waals surface area contributed by atoms with Gasteiger partial charge < -0.3 is 5.73 Å². The first kappa shape index (κ1) is 8.72. The number of alkyl halides is 1. The molecule has 0 heterocycles. The lowest BCUT2D eigenvalue weighted by molar-refractivity contribution is 0.366. The number of likely N-dealkylation sites (N-methyl/N-ethyl adjacent to an activating group) is 1. The standard InChI is InChI=1S/C5H12ClN3/c1-9(5-3-7)8-4-2-6/h4H,2-3,5,7H2,1H3/b8-4-. The minimum Gasteiger partial charge on any atom is -0.329 e. The van der Waals surface area contributed by atoms with E-state index in [0.29, 0.717) is 12.4 Å². The van der Waals surface area contributed by atoms with Crippen molar-refractivity contribution >= 4 is 17.8 Å². The average Bonchev–Trinajstić information content (AvgIpc) is 1.85. The van der Waals surface area contributed by atoms with Crippen LogP contribution in [0, 0.1) is 0 Å². The van der Waals surface area contributed by atoms with Crippen molar-refractivity contribution in [2.45, 2.75) is 0 Å². The van der Waals surface area contributed by atoms with Crippen LogP contribution >= 0.6 is 11.6 Å². The second-order valence-corrected chi connectivity index (χ2v) is 1.93. The molecule has 0 aromatic rings. The number of hydrazone groups is 1. The van der Waals surface area contributed by atoms with Gasteiger partial charge in [-0.05, 0) is 0 Å². The fraction of sp³-hybridized carbons (Fsp3) is 0.800. The summed E-state index contributed by atoms with van der Waals surface area (Å²) in [6.45, 7) is 1.39. The lowest BCUT2D eigenvalue weighted by atomic mass is 10.6. The molecule has 0 saturated heterocycles. The van der Waals surface area contributed by atoms with Crippen molar-refractivity contribution in [1.82, 2.24) is 5.01 Å². The quantitative estimate of drug-likeness (QED) is 0.350. The maximum absolute atomic E-state index is 5.34. The molecule has 4 heteroatoms. The maximum atomic E-state index is 5.34. The number of hydrogen-bond acceptors (Lipinski definition) is 3. The van der Waals surface area contributed by atoms with Crippen molar-refractivity contribution in [3.63, 3.8) is 0 Å². The Morgan fingerprint density at radius 2 is 2.44 bits per heavy atom. The SMILES string of the molecule is CN(CCN)/N=C\CCl. The van der Waals surface area contributed by atoms with E-state index in [1.165, 1.54) is 0 Å². The Kier molecular flexibility index (Phi) is 5.67. The summed E-state index contributed by atoms with van der Waals surface area (Å²) in [5, 5.41) is 5.68. The average molecular weight is 150 g/mol. The van der Waals surface area contributed by atoms with Crippen LogP contribution in [-0.2, 0) is 0 Å². The van der Waals surface area contributed by atoms with Crippen LogP contribution in [0.5, 0.6) is 0 Å². The van der Waals surface area contributed by atoms with Crippen LogP contribution in [0.15, 0.2) is 5.10 Å². The van der Waals surface area contributed by atoms with Gasteiger partial charge in [-0.1, -0.05) is 0 Å².